The fourth-order valence-electron chi connectivity index (χ4n) is 4.08. The first-order valence-corrected chi connectivity index (χ1v) is 11.9. The molecule has 37 heavy (non-hydrogen) atoms. The molecule has 0 radical (unpaired) electrons. The molecule has 0 saturated heterocycles. The number of tetrazole rings is 1. The smallest absolute Gasteiger partial charge is 0.242 e. The van der Waals surface area contributed by atoms with Crippen LogP contribution in [0.1, 0.15) is 33.5 Å². The second-order valence-electron chi connectivity index (χ2n) is 8.47. The molecule has 5 rings (SSSR count). The first-order chi connectivity index (χ1) is 17.9. The first-order valence-electron chi connectivity index (χ1n) is 11.5. The van der Waals surface area contributed by atoms with Crippen molar-refractivity contribution in [1.29, 1.82) is 0 Å². The zero-order chi connectivity index (χ0) is 25.9. The Morgan fingerprint density at radius 3 is 2.54 bits per heavy atom. The fraction of sp³-hybridized carbons (Fsp3) is 0.148. The number of aromatic amines is 1. The molecule has 186 valence electrons. The Morgan fingerprint density at radius 2 is 1.84 bits per heavy atom. The number of ether oxygens (including phenoxy) is 1. The van der Waals surface area contributed by atoms with Crippen LogP contribution in [-0.4, -0.2) is 33.0 Å². The van der Waals surface area contributed by atoms with Gasteiger partial charge in [0, 0.05) is 16.1 Å². The minimum atomic E-state index is -0.534. The number of fused-ring (bicyclic) bond motifs is 1. The molecule has 0 aliphatic carbocycles. The van der Waals surface area contributed by atoms with E-state index in [9.17, 15) is 9.59 Å². The highest BCUT2D eigenvalue weighted by Crippen LogP contribution is 2.29. The van der Waals surface area contributed by atoms with Crippen LogP contribution in [0.5, 0.6) is 5.75 Å². The monoisotopic (exact) mass is 515 g/mol. The van der Waals surface area contributed by atoms with Crippen LogP contribution >= 0.6 is 11.6 Å². The summed E-state index contributed by atoms with van der Waals surface area (Å²) in [7, 11) is 0. The lowest BCUT2D eigenvalue weighted by molar-refractivity contribution is 0.103. The first kappa shape index (κ1) is 24.2. The van der Waals surface area contributed by atoms with Crippen molar-refractivity contribution in [1.82, 2.24) is 20.6 Å². The van der Waals surface area contributed by atoms with E-state index < -0.39 is 5.43 Å². The number of nitrogens with two attached hydrogens (primary N) is 1. The lowest BCUT2D eigenvalue weighted by Gasteiger charge is -2.11. The maximum atomic E-state index is 13.5. The molecule has 0 aliphatic rings. The molecule has 0 saturated carbocycles. The Labute approximate surface area is 216 Å². The second kappa shape index (κ2) is 10.2. The zero-order valence-electron chi connectivity index (χ0n) is 19.8. The van der Waals surface area contributed by atoms with Gasteiger partial charge in [0.1, 0.15) is 17.0 Å². The van der Waals surface area contributed by atoms with Gasteiger partial charge in [-0.05, 0) is 78.6 Å². The van der Waals surface area contributed by atoms with Gasteiger partial charge in [0.15, 0.2) is 5.78 Å². The number of nitrogens with one attached hydrogen (secondary N) is 1. The predicted molar refractivity (Wildman–Crippen MR) is 140 cm³/mol. The molecule has 0 atom stereocenters. The van der Waals surface area contributed by atoms with E-state index in [0.29, 0.717) is 28.5 Å². The second-order valence-corrected chi connectivity index (χ2v) is 8.91. The average molecular weight is 516 g/mol. The van der Waals surface area contributed by atoms with Gasteiger partial charge in [-0.15, -0.1) is 10.2 Å². The van der Waals surface area contributed by atoms with Gasteiger partial charge in [-0.2, -0.15) is 5.21 Å². The Kier molecular flexibility index (Phi) is 6.70. The molecule has 10 heteroatoms. The van der Waals surface area contributed by atoms with Gasteiger partial charge in [0.05, 0.1) is 12.0 Å². The van der Waals surface area contributed by atoms with Crippen molar-refractivity contribution in [3.8, 4) is 17.3 Å². The lowest BCUT2D eigenvalue weighted by atomic mass is 9.94. The molecule has 5 aromatic rings. The summed E-state index contributed by atoms with van der Waals surface area (Å²) in [5, 5.41) is 14.2. The van der Waals surface area contributed by atoms with Crippen LogP contribution in [0.3, 0.4) is 0 Å². The molecular weight excluding hydrogens is 494 g/mol. The summed E-state index contributed by atoms with van der Waals surface area (Å²) < 4.78 is 11.7. The zero-order valence-corrected chi connectivity index (χ0v) is 20.6. The summed E-state index contributed by atoms with van der Waals surface area (Å²) in [6.07, 6.45) is 1.70. The summed E-state index contributed by atoms with van der Waals surface area (Å²) >= 11 is 5.92. The number of hydrogen-bond acceptors (Lipinski definition) is 8. The van der Waals surface area contributed by atoms with Crippen LogP contribution in [0.2, 0.25) is 5.02 Å². The molecule has 9 nitrogen and oxygen atoms in total. The Morgan fingerprint density at radius 1 is 1.08 bits per heavy atom. The Bertz CT molecular complexity index is 1630. The number of H-pyrrole nitrogens is 1. The number of aromatic nitrogens is 4. The number of carbonyl (C=O) groups is 1. The number of benzene rings is 3. The van der Waals surface area contributed by atoms with E-state index in [-0.39, 0.29) is 39.6 Å². The molecule has 2 aromatic heterocycles. The summed E-state index contributed by atoms with van der Waals surface area (Å²) in [4.78, 5) is 26.7. The number of hydrogen-bond donors (Lipinski definition) is 2. The van der Waals surface area contributed by atoms with Crippen LogP contribution in [0.4, 0.5) is 5.69 Å². The lowest BCUT2D eigenvalue weighted by Crippen LogP contribution is -2.15. The standard InChI is InChI=1S/C27H22ClN5O4/c1-15-4-13-20-22(25(35)23(29)26(37-20)27-30-32-33-31-27)21(15)24(34)17-7-11-19(12-8-17)36-14-2-3-16-5-9-18(28)10-6-16/h4-13H,2-3,14,29H2,1H3,(H,30,31,32,33). The largest absolute Gasteiger partial charge is 0.494 e. The van der Waals surface area contributed by atoms with Gasteiger partial charge in [-0.25, -0.2) is 0 Å². The van der Waals surface area contributed by atoms with E-state index in [2.05, 4.69) is 20.6 Å². The van der Waals surface area contributed by atoms with Crippen LogP contribution < -0.4 is 15.9 Å². The number of anilines is 1. The van der Waals surface area contributed by atoms with E-state index in [1.54, 1.807) is 43.3 Å². The third-order valence-corrected chi connectivity index (χ3v) is 6.24. The minimum Gasteiger partial charge on any atom is -0.494 e. The SMILES string of the molecule is Cc1ccc2oc(-c3nn[nH]n3)c(N)c(=O)c2c1C(=O)c1ccc(OCCCc2ccc(Cl)cc2)cc1. The van der Waals surface area contributed by atoms with E-state index in [0.717, 1.165) is 12.8 Å². The van der Waals surface area contributed by atoms with Crippen molar-refractivity contribution in [2.75, 3.05) is 12.3 Å². The number of ketones is 1. The van der Waals surface area contributed by atoms with Gasteiger partial charge < -0.3 is 14.9 Å². The molecule has 0 amide bonds. The number of aryl methyl sites for hydroxylation is 2. The van der Waals surface area contributed by atoms with Crippen LogP contribution in [0.15, 0.2) is 69.9 Å². The highest BCUT2D eigenvalue weighted by atomic mass is 35.5. The van der Waals surface area contributed by atoms with Crippen molar-refractivity contribution in [2.24, 2.45) is 0 Å². The van der Waals surface area contributed by atoms with E-state index >= 15 is 0 Å². The fourth-order valence-corrected chi connectivity index (χ4v) is 4.21. The van der Waals surface area contributed by atoms with Crippen molar-refractivity contribution >= 4 is 34.0 Å². The van der Waals surface area contributed by atoms with Gasteiger partial charge >= 0.3 is 0 Å². The Hall–Kier alpha value is -4.50. The number of nitrogens with zero attached hydrogens (tertiary/aromatic N) is 3. The minimum absolute atomic E-state index is 0.00827. The van der Waals surface area contributed by atoms with Crippen molar-refractivity contribution in [2.45, 2.75) is 19.8 Å². The van der Waals surface area contributed by atoms with Gasteiger partial charge in [-0.1, -0.05) is 29.8 Å². The highest BCUT2D eigenvalue weighted by Gasteiger charge is 2.23. The van der Waals surface area contributed by atoms with Gasteiger partial charge in [0.2, 0.25) is 17.0 Å². The summed E-state index contributed by atoms with van der Waals surface area (Å²) in [5.41, 5.74) is 7.98. The third-order valence-electron chi connectivity index (χ3n) is 5.99. The molecule has 3 aromatic carbocycles. The molecule has 0 spiro atoms. The van der Waals surface area contributed by atoms with Crippen molar-refractivity contribution < 1.29 is 13.9 Å². The number of carbonyl (C=O) groups excluding carboxylic acids is 1. The van der Waals surface area contributed by atoms with Crippen molar-refractivity contribution in [3.05, 3.63) is 98.2 Å². The van der Waals surface area contributed by atoms with E-state index in [4.69, 9.17) is 26.5 Å². The van der Waals surface area contributed by atoms with Gasteiger partial charge in [0.25, 0.3) is 0 Å². The number of nitrogen functional groups attached to an aromatic ring is 1. The molecule has 0 bridgehead atoms. The van der Waals surface area contributed by atoms with E-state index in [1.165, 1.54) is 5.56 Å². The third kappa shape index (κ3) is 4.94. The highest BCUT2D eigenvalue weighted by molar-refractivity contribution is 6.30. The van der Waals surface area contributed by atoms with Crippen LogP contribution in [-0.2, 0) is 6.42 Å². The molecular formula is C27H22ClN5O4. The van der Waals surface area contributed by atoms with Crippen LogP contribution in [0, 0.1) is 6.92 Å². The molecule has 0 fully saturated rings. The summed E-state index contributed by atoms with van der Waals surface area (Å²) in [6, 6.07) is 17.9. The predicted octanol–water partition coefficient (Wildman–Crippen LogP) is 4.76. The maximum absolute atomic E-state index is 13.5. The molecule has 0 aliphatic heterocycles. The summed E-state index contributed by atoms with van der Waals surface area (Å²) in [6.45, 7) is 2.29. The summed E-state index contributed by atoms with van der Waals surface area (Å²) in [5.74, 6) is 0.368. The molecule has 3 N–H and O–H groups in total. The molecule has 2 heterocycles. The molecule has 0 unspecified atom stereocenters. The number of rotatable bonds is 8. The van der Waals surface area contributed by atoms with Crippen molar-refractivity contribution in [3.63, 3.8) is 0 Å². The maximum Gasteiger partial charge on any atom is 0.242 e. The quantitative estimate of drug-likeness (QED) is 0.223. The van der Waals surface area contributed by atoms with E-state index in [1.807, 2.05) is 24.3 Å². The Balaban J connectivity index is 1.35. The average Bonchev–Trinajstić information content (AvgIpc) is 3.45. The van der Waals surface area contributed by atoms with Crippen LogP contribution in [0.25, 0.3) is 22.6 Å². The van der Waals surface area contributed by atoms with Gasteiger partial charge in [-0.3, -0.25) is 9.59 Å². The topological polar surface area (TPSA) is 137 Å². The normalized spacial score (nSPS) is 11.1. The number of halogens is 1.